The average Bonchev–Trinajstić information content (AvgIpc) is 2.66. The van der Waals surface area contributed by atoms with Gasteiger partial charge in [0.1, 0.15) is 28.8 Å². The highest BCUT2D eigenvalue weighted by Crippen LogP contribution is 2.40. The molecule has 0 fully saturated rings. The molecule has 0 saturated heterocycles. The Hall–Kier alpha value is -2.16. The molecule has 28 heavy (non-hydrogen) atoms. The van der Waals surface area contributed by atoms with E-state index in [-0.39, 0.29) is 16.6 Å². The zero-order valence-electron chi connectivity index (χ0n) is 16.2. The van der Waals surface area contributed by atoms with Crippen LogP contribution in [-0.2, 0) is 16.4 Å². The zero-order valence-corrected chi connectivity index (χ0v) is 17.7. The average molecular weight is 427 g/mol. The lowest BCUT2D eigenvalue weighted by atomic mass is 10.0. The highest BCUT2D eigenvalue weighted by molar-refractivity contribution is 7.92. The fraction of sp³-hybridized carbons (Fsp3) is 0.368. The van der Waals surface area contributed by atoms with E-state index in [1.54, 1.807) is 25.3 Å². The van der Waals surface area contributed by atoms with E-state index < -0.39 is 10.0 Å². The summed E-state index contributed by atoms with van der Waals surface area (Å²) in [5, 5.41) is 0.389. The maximum atomic E-state index is 13.1. The second-order valence-electron chi connectivity index (χ2n) is 6.66. The summed E-state index contributed by atoms with van der Waals surface area (Å²) < 4.78 is 45.3. The van der Waals surface area contributed by atoms with Crippen LogP contribution in [0.1, 0.15) is 5.56 Å². The van der Waals surface area contributed by atoms with Gasteiger partial charge in [0.05, 0.1) is 19.9 Å². The highest BCUT2D eigenvalue weighted by Gasteiger charge is 2.31. The van der Waals surface area contributed by atoms with Gasteiger partial charge >= 0.3 is 0 Å². The number of nitrogens with zero attached hydrogens (tertiary/aromatic N) is 1. The van der Waals surface area contributed by atoms with Crippen LogP contribution in [0.5, 0.6) is 17.2 Å². The molecule has 0 aliphatic carbocycles. The standard InChI is InChI=1S/C19H23ClN2O5S/c1-22(2)13-10-14-16(25-3)7-8-18(19(14)27-11-13)28(23,24)21-15-9-12(20)5-6-17(15)26-4/h5-9,13,21H,10-11H2,1-4H3/t13-/m1/s1. The van der Waals surface area contributed by atoms with Gasteiger partial charge in [0.25, 0.3) is 10.0 Å². The summed E-state index contributed by atoms with van der Waals surface area (Å²) in [6, 6.07) is 7.97. The minimum atomic E-state index is -3.95. The Balaban J connectivity index is 2.04. The smallest absolute Gasteiger partial charge is 0.265 e. The Morgan fingerprint density at radius 2 is 1.82 bits per heavy atom. The van der Waals surface area contributed by atoms with Crippen LogP contribution in [0.3, 0.4) is 0 Å². The van der Waals surface area contributed by atoms with Gasteiger partial charge in [0, 0.05) is 16.6 Å². The van der Waals surface area contributed by atoms with Crippen molar-refractivity contribution < 1.29 is 22.6 Å². The van der Waals surface area contributed by atoms with Crippen LogP contribution < -0.4 is 18.9 Å². The van der Waals surface area contributed by atoms with Crippen molar-refractivity contribution in [1.82, 2.24) is 4.90 Å². The molecule has 3 rings (SSSR count). The molecule has 0 saturated carbocycles. The van der Waals surface area contributed by atoms with Crippen LogP contribution in [0.15, 0.2) is 35.2 Å². The van der Waals surface area contributed by atoms with Crippen molar-refractivity contribution in [1.29, 1.82) is 0 Å². The molecule has 1 aliphatic heterocycles. The van der Waals surface area contributed by atoms with E-state index in [0.717, 1.165) is 5.56 Å². The third kappa shape index (κ3) is 3.99. The molecule has 1 atom stereocenters. The second kappa shape index (κ2) is 8.06. The number of benzene rings is 2. The Morgan fingerprint density at radius 1 is 1.14 bits per heavy atom. The Bertz CT molecular complexity index is 979. The van der Waals surface area contributed by atoms with Crippen LogP contribution in [0.2, 0.25) is 5.02 Å². The number of halogens is 1. The lowest BCUT2D eigenvalue weighted by Crippen LogP contribution is -2.39. The lowest BCUT2D eigenvalue weighted by molar-refractivity contribution is 0.159. The summed E-state index contributed by atoms with van der Waals surface area (Å²) in [6.45, 7) is 0.385. The Kier molecular flexibility index (Phi) is 5.92. The predicted molar refractivity (Wildman–Crippen MR) is 108 cm³/mol. The van der Waals surface area contributed by atoms with E-state index in [9.17, 15) is 8.42 Å². The number of nitrogens with one attached hydrogen (secondary N) is 1. The van der Waals surface area contributed by atoms with Gasteiger partial charge in [0.15, 0.2) is 0 Å². The van der Waals surface area contributed by atoms with Crippen molar-refractivity contribution in [3.8, 4) is 17.2 Å². The first kappa shape index (κ1) is 20.6. The number of ether oxygens (including phenoxy) is 3. The van der Waals surface area contributed by atoms with Gasteiger partial charge in [-0.15, -0.1) is 0 Å². The number of likely N-dealkylation sites (N-methyl/N-ethyl adjacent to an activating group) is 1. The number of hydrogen-bond acceptors (Lipinski definition) is 6. The monoisotopic (exact) mass is 426 g/mol. The van der Waals surface area contributed by atoms with Crippen molar-refractivity contribution in [2.24, 2.45) is 0 Å². The van der Waals surface area contributed by atoms with Crippen molar-refractivity contribution in [2.75, 3.05) is 39.6 Å². The predicted octanol–water partition coefficient (Wildman–Crippen LogP) is 3.02. The molecule has 152 valence electrons. The summed E-state index contributed by atoms with van der Waals surface area (Å²) in [4.78, 5) is 2.08. The molecule has 1 heterocycles. The van der Waals surface area contributed by atoms with E-state index in [1.165, 1.54) is 19.2 Å². The summed E-state index contributed by atoms with van der Waals surface area (Å²) in [6.07, 6.45) is 0.620. The van der Waals surface area contributed by atoms with E-state index >= 15 is 0 Å². The molecule has 0 radical (unpaired) electrons. The van der Waals surface area contributed by atoms with Crippen molar-refractivity contribution in [3.63, 3.8) is 0 Å². The van der Waals surface area contributed by atoms with Gasteiger partial charge < -0.3 is 19.1 Å². The first-order valence-electron chi connectivity index (χ1n) is 8.62. The maximum absolute atomic E-state index is 13.1. The number of sulfonamides is 1. The molecule has 0 amide bonds. The molecular formula is C19H23ClN2O5S. The van der Waals surface area contributed by atoms with E-state index in [4.69, 9.17) is 25.8 Å². The molecule has 1 aliphatic rings. The SMILES string of the molecule is COc1ccc(Cl)cc1NS(=O)(=O)c1ccc(OC)c2c1OC[C@H](N(C)C)C2. The first-order valence-corrected chi connectivity index (χ1v) is 10.5. The molecule has 0 aromatic heterocycles. The molecule has 2 aromatic rings. The highest BCUT2D eigenvalue weighted by atomic mass is 35.5. The van der Waals surface area contributed by atoms with Gasteiger partial charge in [-0.05, 0) is 50.8 Å². The molecule has 1 N–H and O–H groups in total. The van der Waals surface area contributed by atoms with Gasteiger partial charge in [-0.2, -0.15) is 0 Å². The van der Waals surface area contributed by atoms with E-state index in [2.05, 4.69) is 4.72 Å². The molecule has 0 bridgehead atoms. The fourth-order valence-electron chi connectivity index (χ4n) is 3.11. The number of rotatable bonds is 6. The number of methoxy groups -OCH3 is 2. The second-order valence-corrected chi connectivity index (χ2v) is 8.74. The molecule has 2 aromatic carbocycles. The Labute approximate surface area is 170 Å². The first-order chi connectivity index (χ1) is 13.3. The summed E-state index contributed by atoms with van der Waals surface area (Å²) in [5.74, 6) is 1.27. The van der Waals surface area contributed by atoms with Crippen LogP contribution in [0, 0.1) is 0 Å². The molecule has 7 nitrogen and oxygen atoms in total. The van der Waals surface area contributed by atoms with Crippen LogP contribution in [0.25, 0.3) is 0 Å². The third-order valence-electron chi connectivity index (χ3n) is 4.69. The molecule has 0 unspecified atom stereocenters. The van der Waals surface area contributed by atoms with Gasteiger partial charge in [-0.3, -0.25) is 4.72 Å². The largest absolute Gasteiger partial charge is 0.496 e. The normalized spacial score (nSPS) is 16.3. The number of fused-ring (bicyclic) bond motifs is 1. The summed E-state index contributed by atoms with van der Waals surface area (Å²) in [7, 11) is 2.98. The topological polar surface area (TPSA) is 77.1 Å². The minimum absolute atomic E-state index is 0.0440. The van der Waals surface area contributed by atoms with E-state index in [1.807, 2.05) is 19.0 Å². The lowest BCUT2D eigenvalue weighted by Gasteiger charge is -2.31. The van der Waals surface area contributed by atoms with E-state index in [0.29, 0.717) is 35.3 Å². The zero-order chi connectivity index (χ0) is 20.5. The van der Waals surface area contributed by atoms with Crippen LogP contribution in [-0.4, -0.2) is 54.3 Å². The van der Waals surface area contributed by atoms with Gasteiger partial charge in [0.2, 0.25) is 0 Å². The van der Waals surface area contributed by atoms with Gasteiger partial charge in [-0.25, -0.2) is 8.42 Å². The van der Waals surface area contributed by atoms with Crippen molar-refractivity contribution in [3.05, 3.63) is 40.9 Å². The van der Waals surface area contributed by atoms with Crippen LogP contribution >= 0.6 is 11.6 Å². The molecular weight excluding hydrogens is 404 g/mol. The van der Waals surface area contributed by atoms with Gasteiger partial charge in [-0.1, -0.05) is 11.6 Å². The Morgan fingerprint density at radius 3 is 2.46 bits per heavy atom. The van der Waals surface area contributed by atoms with Crippen molar-refractivity contribution >= 4 is 27.3 Å². The third-order valence-corrected chi connectivity index (χ3v) is 6.31. The molecule has 0 spiro atoms. The summed E-state index contributed by atoms with van der Waals surface area (Å²) in [5.41, 5.74) is 0.981. The maximum Gasteiger partial charge on any atom is 0.265 e. The fourth-order valence-corrected chi connectivity index (χ4v) is 4.51. The molecule has 9 heteroatoms. The minimum Gasteiger partial charge on any atom is -0.496 e. The number of anilines is 1. The quantitative estimate of drug-likeness (QED) is 0.765. The van der Waals surface area contributed by atoms with Crippen LogP contribution in [0.4, 0.5) is 5.69 Å². The van der Waals surface area contributed by atoms with Crippen molar-refractivity contribution in [2.45, 2.75) is 17.4 Å². The number of hydrogen-bond donors (Lipinski definition) is 1. The summed E-state index contributed by atoms with van der Waals surface area (Å²) >= 11 is 6.01.